The highest BCUT2D eigenvalue weighted by Gasteiger charge is 2.16. The summed E-state index contributed by atoms with van der Waals surface area (Å²) < 4.78 is 31.5. The third kappa shape index (κ3) is 4.37. The Bertz CT molecular complexity index is 714. The Morgan fingerprint density at radius 3 is 2.54 bits per heavy atom. The molecule has 0 bridgehead atoms. The second kappa shape index (κ2) is 7.67. The van der Waals surface area contributed by atoms with Crippen molar-refractivity contribution < 1.29 is 23.1 Å². The lowest BCUT2D eigenvalue weighted by molar-refractivity contribution is -0.132. The van der Waals surface area contributed by atoms with Gasteiger partial charge in [-0.2, -0.15) is 8.78 Å². The molecular weight excluding hydrogens is 320 g/mol. The Labute approximate surface area is 137 Å². The monoisotopic (exact) mass is 337 g/mol. The van der Waals surface area contributed by atoms with Crippen LogP contribution in [0.3, 0.4) is 0 Å². The molecule has 2 aromatic rings. The van der Waals surface area contributed by atoms with E-state index in [1.54, 1.807) is 24.3 Å². The Hall–Kier alpha value is -2.77. The number of halogens is 2. The van der Waals surface area contributed by atoms with Crippen LogP contribution in [0.15, 0.2) is 36.7 Å². The maximum atomic E-state index is 12.7. The van der Waals surface area contributed by atoms with E-state index in [0.29, 0.717) is 15.9 Å². The predicted octanol–water partition coefficient (Wildman–Crippen LogP) is 2.52. The molecule has 1 aromatic heterocycles. The predicted molar refractivity (Wildman–Crippen MR) is 81.9 cm³/mol. The van der Waals surface area contributed by atoms with Crippen LogP contribution in [0, 0.1) is 0 Å². The minimum absolute atomic E-state index is 0.0528. The molecule has 128 valence electrons. The van der Waals surface area contributed by atoms with Gasteiger partial charge in [-0.15, -0.1) is 0 Å². The van der Waals surface area contributed by atoms with Gasteiger partial charge >= 0.3 is 6.55 Å². The van der Waals surface area contributed by atoms with Crippen molar-refractivity contribution >= 4 is 11.7 Å². The maximum absolute atomic E-state index is 12.7. The van der Waals surface area contributed by atoms with E-state index in [1.165, 1.54) is 25.1 Å². The number of likely N-dealkylation sites (N-methyl/N-ethyl adjacent to an activating group) is 1. The minimum Gasteiger partial charge on any atom is -0.484 e. The van der Waals surface area contributed by atoms with Crippen molar-refractivity contribution in [3.8, 4) is 5.75 Å². The second-order valence-corrected chi connectivity index (χ2v) is 5.15. The molecule has 0 fully saturated rings. The van der Waals surface area contributed by atoms with E-state index in [-0.39, 0.29) is 30.7 Å². The maximum Gasteiger partial charge on any atom is 0.319 e. The molecule has 0 aliphatic rings. The van der Waals surface area contributed by atoms with Crippen LogP contribution >= 0.6 is 0 Å². The molecule has 0 atom stereocenters. The van der Waals surface area contributed by atoms with Crippen molar-refractivity contribution in [2.24, 2.45) is 0 Å². The molecule has 1 amide bonds. The molecule has 0 saturated carbocycles. The molecule has 0 aliphatic carbocycles. The summed E-state index contributed by atoms with van der Waals surface area (Å²) in [6.07, 6.45) is 2.41. The molecule has 0 saturated heterocycles. The zero-order valence-corrected chi connectivity index (χ0v) is 13.3. The van der Waals surface area contributed by atoms with Gasteiger partial charge in [0.1, 0.15) is 11.6 Å². The van der Waals surface area contributed by atoms with E-state index < -0.39 is 6.55 Å². The van der Waals surface area contributed by atoms with Gasteiger partial charge in [0.2, 0.25) is 0 Å². The molecule has 0 spiro atoms. The third-order valence-corrected chi connectivity index (χ3v) is 3.39. The lowest BCUT2D eigenvalue weighted by Gasteiger charge is -2.18. The Kier molecular flexibility index (Phi) is 5.62. The first-order chi connectivity index (χ1) is 11.4. The Balaban J connectivity index is 1.89. The number of alkyl halides is 2. The van der Waals surface area contributed by atoms with Gasteiger partial charge in [-0.25, -0.2) is 4.98 Å². The quantitative estimate of drug-likeness (QED) is 0.728. The van der Waals surface area contributed by atoms with E-state index in [2.05, 4.69) is 4.98 Å². The van der Waals surface area contributed by atoms with Crippen molar-refractivity contribution in [1.29, 1.82) is 0 Å². The second-order valence-electron chi connectivity index (χ2n) is 5.15. The molecule has 8 heteroatoms. The topological polar surface area (TPSA) is 64.4 Å². The van der Waals surface area contributed by atoms with Crippen LogP contribution in [-0.4, -0.2) is 39.8 Å². The van der Waals surface area contributed by atoms with Gasteiger partial charge in [-0.05, 0) is 31.2 Å². The molecule has 1 heterocycles. The number of imidazole rings is 1. The average molecular weight is 337 g/mol. The summed E-state index contributed by atoms with van der Waals surface area (Å²) in [6, 6.07) is 6.39. The van der Waals surface area contributed by atoms with E-state index in [9.17, 15) is 18.4 Å². The molecule has 0 aliphatic heterocycles. The molecule has 6 nitrogen and oxygen atoms in total. The van der Waals surface area contributed by atoms with E-state index in [1.807, 2.05) is 0 Å². The first-order valence-electron chi connectivity index (χ1n) is 7.16. The zero-order valence-electron chi connectivity index (χ0n) is 13.3. The molecule has 0 N–H and O–H groups in total. The smallest absolute Gasteiger partial charge is 0.319 e. The highest BCUT2D eigenvalue weighted by molar-refractivity contribution is 5.94. The third-order valence-electron chi connectivity index (χ3n) is 3.39. The number of hydrogen-bond acceptors (Lipinski definition) is 4. The lowest BCUT2D eigenvalue weighted by atomic mass is 10.1. The summed E-state index contributed by atoms with van der Waals surface area (Å²) in [4.78, 5) is 28.3. The lowest BCUT2D eigenvalue weighted by Crippen LogP contribution is -2.32. The van der Waals surface area contributed by atoms with Crippen molar-refractivity contribution in [2.75, 3.05) is 13.7 Å². The molecular formula is C16H17F2N3O3. The molecule has 24 heavy (non-hydrogen) atoms. The number of ketones is 1. The number of nitrogens with zero attached hydrogens (tertiary/aromatic N) is 3. The van der Waals surface area contributed by atoms with Gasteiger partial charge < -0.3 is 9.64 Å². The number of aromatic nitrogens is 2. The average Bonchev–Trinajstić information content (AvgIpc) is 3.01. The van der Waals surface area contributed by atoms with Crippen molar-refractivity contribution in [3.63, 3.8) is 0 Å². The van der Waals surface area contributed by atoms with Crippen LogP contribution < -0.4 is 4.74 Å². The van der Waals surface area contributed by atoms with Gasteiger partial charge in [0.25, 0.3) is 5.91 Å². The number of benzene rings is 1. The van der Waals surface area contributed by atoms with Crippen LogP contribution in [0.1, 0.15) is 29.7 Å². The summed E-state index contributed by atoms with van der Waals surface area (Å²) in [7, 11) is 1.48. The van der Waals surface area contributed by atoms with Gasteiger partial charge in [-0.1, -0.05) is 0 Å². The normalized spacial score (nSPS) is 10.7. The summed E-state index contributed by atoms with van der Waals surface area (Å²) in [5, 5.41) is 0. The fourth-order valence-electron chi connectivity index (χ4n) is 1.99. The number of amides is 1. The molecule has 0 unspecified atom stereocenters. The number of Topliss-reactive ketones (excluding diaryl/α,β-unsaturated/α-hetero) is 1. The van der Waals surface area contributed by atoms with Gasteiger partial charge in [0, 0.05) is 25.0 Å². The number of ether oxygens (including phenoxy) is 1. The number of rotatable bonds is 7. The van der Waals surface area contributed by atoms with Gasteiger partial charge in [0.15, 0.2) is 12.4 Å². The number of carbonyl (C=O) groups is 2. The van der Waals surface area contributed by atoms with E-state index in [0.717, 1.165) is 6.20 Å². The van der Waals surface area contributed by atoms with Gasteiger partial charge in [-0.3, -0.25) is 14.2 Å². The molecule has 0 radical (unpaired) electrons. The van der Waals surface area contributed by atoms with Crippen LogP contribution in [0.5, 0.6) is 5.75 Å². The summed E-state index contributed by atoms with van der Waals surface area (Å²) in [5.74, 6) is 0.0869. The number of hydrogen-bond donors (Lipinski definition) is 0. The van der Waals surface area contributed by atoms with Crippen molar-refractivity contribution in [2.45, 2.75) is 20.0 Å². The SMILES string of the molecule is CC(=O)c1ccc(OCC(=O)N(C)Cc2nccn2C(F)F)cc1. The van der Waals surface area contributed by atoms with Crippen LogP contribution in [0.2, 0.25) is 0 Å². The van der Waals surface area contributed by atoms with Gasteiger partial charge in [0.05, 0.1) is 6.54 Å². The fraction of sp³-hybridized carbons (Fsp3) is 0.312. The van der Waals surface area contributed by atoms with Crippen LogP contribution in [-0.2, 0) is 11.3 Å². The van der Waals surface area contributed by atoms with E-state index in [4.69, 9.17) is 4.74 Å². The van der Waals surface area contributed by atoms with Crippen LogP contribution in [0.25, 0.3) is 0 Å². The standard InChI is InChI=1S/C16H17F2N3O3/c1-11(22)12-3-5-13(6-4-12)24-10-15(23)20(2)9-14-19-7-8-21(14)16(17)18/h3-8,16H,9-10H2,1-2H3. The van der Waals surface area contributed by atoms with Crippen LogP contribution in [0.4, 0.5) is 8.78 Å². The molecule has 1 aromatic carbocycles. The number of carbonyl (C=O) groups excluding carboxylic acids is 2. The molecule has 2 rings (SSSR count). The highest BCUT2D eigenvalue weighted by Crippen LogP contribution is 2.15. The summed E-state index contributed by atoms with van der Waals surface area (Å²) in [5.41, 5.74) is 0.546. The Morgan fingerprint density at radius 1 is 1.29 bits per heavy atom. The Morgan fingerprint density at radius 2 is 1.96 bits per heavy atom. The minimum atomic E-state index is -2.71. The fourth-order valence-corrected chi connectivity index (χ4v) is 1.99. The first kappa shape index (κ1) is 17.6. The van der Waals surface area contributed by atoms with E-state index >= 15 is 0 Å². The summed E-state index contributed by atoms with van der Waals surface area (Å²) in [6.45, 7) is -1.55. The van der Waals surface area contributed by atoms with Crippen molar-refractivity contribution in [3.05, 3.63) is 48.0 Å². The highest BCUT2D eigenvalue weighted by atomic mass is 19.3. The first-order valence-corrected chi connectivity index (χ1v) is 7.16. The zero-order chi connectivity index (χ0) is 17.7. The largest absolute Gasteiger partial charge is 0.484 e. The van der Waals surface area contributed by atoms with Crippen molar-refractivity contribution in [1.82, 2.24) is 14.5 Å². The summed E-state index contributed by atoms with van der Waals surface area (Å²) >= 11 is 0.